The maximum atomic E-state index is 13.2. The third kappa shape index (κ3) is 8.40. The van der Waals surface area contributed by atoms with Crippen LogP contribution in [0.4, 0.5) is 0 Å². The molecule has 2 saturated heterocycles. The van der Waals surface area contributed by atoms with E-state index in [2.05, 4.69) is 5.32 Å². The number of carbonyl (C=O) groups excluding carboxylic acids is 1. The van der Waals surface area contributed by atoms with Gasteiger partial charge in [-0.1, -0.05) is 0 Å². The Hall–Kier alpha value is -1.01. The molecule has 2 aliphatic carbocycles. The number of Topliss-reactive ketones (excluding diaryl/α,β-unsaturated/α-hetero) is 1. The van der Waals surface area contributed by atoms with Gasteiger partial charge in [0.25, 0.3) is 0 Å². The first-order valence-electron chi connectivity index (χ1n) is 16.0. The second-order valence-corrected chi connectivity index (χ2v) is 13.3. The number of hydrogen-bond donors (Lipinski definition) is 13. The van der Waals surface area contributed by atoms with E-state index in [-0.39, 0.29) is 57.8 Å². The van der Waals surface area contributed by atoms with Gasteiger partial charge in [0, 0.05) is 31.6 Å². The van der Waals surface area contributed by atoms with E-state index in [1.54, 1.807) is 0 Å². The van der Waals surface area contributed by atoms with Gasteiger partial charge in [-0.25, -0.2) is 0 Å². The van der Waals surface area contributed by atoms with Crippen LogP contribution in [0.1, 0.15) is 38.5 Å². The van der Waals surface area contributed by atoms with Crippen molar-refractivity contribution in [1.82, 2.24) is 5.32 Å². The van der Waals surface area contributed by atoms with E-state index >= 15 is 0 Å². The second kappa shape index (κ2) is 16.1. The summed E-state index contributed by atoms with van der Waals surface area (Å²) < 4.78 is 23.9. The molecule has 0 spiro atoms. The topological polar surface area (TPSA) is 338 Å². The number of hydrogen-bond acceptors (Lipinski definition) is 18. The van der Waals surface area contributed by atoms with Crippen molar-refractivity contribution in [2.45, 2.75) is 136 Å². The van der Waals surface area contributed by atoms with Gasteiger partial charge in [-0.2, -0.15) is 0 Å². The first kappa shape index (κ1) is 37.8. The van der Waals surface area contributed by atoms with Crippen molar-refractivity contribution in [3.63, 3.8) is 0 Å². The maximum absolute atomic E-state index is 13.2. The Morgan fingerprint density at radius 1 is 0.935 bits per heavy atom. The van der Waals surface area contributed by atoms with E-state index in [9.17, 15) is 40.5 Å². The lowest BCUT2D eigenvalue weighted by molar-refractivity contribution is -0.320. The Kier molecular flexibility index (Phi) is 13.3. The molecule has 0 radical (unpaired) electrons. The molecule has 2 aliphatic heterocycles. The smallest absolute Gasteiger partial charge is 0.186 e. The van der Waals surface area contributed by atoms with E-state index in [1.807, 2.05) is 0 Å². The van der Waals surface area contributed by atoms with Crippen molar-refractivity contribution >= 4 is 5.78 Å². The molecular weight excluding hydrogens is 612 g/mol. The zero-order chi connectivity index (χ0) is 33.9. The molecule has 268 valence electrons. The van der Waals surface area contributed by atoms with Gasteiger partial charge in [0.15, 0.2) is 18.4 Å². The minimum absolute atomic E-state index is 0.0274. The summed E-state index contributed by atoms with van der Waals surface area (Å²) in [5.74, 6) is -1.30. The molecule has 2 saturated carbocycles. The highest BCUT2D eigenvalue weighted by Crippen LogP contribution is 2.39. The monoisotopic (exact) mass is 666 g/mol. The molecule has 2 heterocycles. The van der Waals surface area contributed by atoms with Crippen molar-refractivity contribution < 1.29 is 59.5 Å². The summed E-state index contributed by atoms with van der Waals surface area (Å²) in [4.78, 5) is 13.2. The summed E-state index contributed by atoms with van der Waals surface area (Å²) >= 11 is 0. The fourth-order valence-corrected chi connectivity index (χ4v) is 6.89. The van der Waals surface area contributed by atoms with Crippen LogP contribution in [0.3, 0.4) is 0 Å². The molecule has 0 aromatic heterocycles. The van der Waals surface area contributed by atoms with Crippen LogP contribution < -0.4 is 34.0 Å². The van der Waals surface area contributed by atoms with Crippen LogP contribution in [0, 0.1) is 5.92 Å². The Morgan fingerprint density at radius 3 is 2.20 bits per heavy atom. The van der Waals surface area contributed by atoms with Crippen molar-refractivity contribution in [3.05, 3.63) is 0 Å². The lowest BCUT2D eigenvalue weighted by atomic mass is 9.69. The molecule has 18 heteroatoms. The molecule has 0 amide bonds. The highest BCUT2D eigenvalue weighted by molar-refractivity contribution is 5.88. The quantitative estimate of drug-likeness (QED) is 0.0819. The third-order valence-electron chi connectivity index (χ3n) is 9.73. The van der Waals surface area contributed by atoms with Gasteiger partial charge in [-0.3, -0.25) is 4.79 Å². The van der Waals surface area contributed by atoms with E-state index < -0.39 is 110 Å². The molecule has 18 N–H and O–H groups in total. The van der Waals surface area contributed by atoms with Crippen molar-refractivity contribution in [3.8, 4) is 0 Å². The summed E-state index contributed by atoms with van der Waals surface area (Å²) in [7, 11) is 0. The van der Waals surface area contributed by atoms with Gasteiger partial charge < -0.3 is 88.7 Å². The average Bonchev–Trinajstić information content (AvgIpc) is 2.99. The number of ether oxygens (including phenoxy) is 4. The van der Waals surface area contributed by atoms with Gasteiger partial charge in [-0.15, -0.1) is 0 Å². The van der Waals surface area contributed by atoms with Crippen LogP contribution >= 0.6 is 0 Å². The SMILES string of the molecule is NCCC(O)CN[C@@H]1C[C@H](O)[C@@H](CN)O[C@@H]1O[C@H]1[C@H](O)[C@@H](O[C@H]2O[C@H](CO)[C@@H](O)[C@H](N)[C@H]2O)[C@H](CC(=O)C2(O)CC(N)C2)C[C@@H]1N. The maximum Gasteiger partial charge on any atom is 0.186 e. The Balaban J connectivity index is 1.56. The fraction of sp³-hybridized carbons (Fsp3) is 0.964. The largest absolute Gasteiger partial charge is 0.394 e. The zero-order valence-corrected chi connectivity index (χ0v) is 25.9. The molecule has 0 bridgehead atoms. The summed E-state index contributed by atoms with van der Waals surface area (Å²) in [6.45, 7) is -0.285. The molecule has 4 aliphatic rings. The van der Waals surface area contributed by atoms with E-state index in [0.717, 1.165) is 0 Å². The van der Waals surface area contributed by atoms with E-state index in [4.69, 9.17) is 47.6 Å². The first-order chi connectivity index (χ1) is 21.7. The summed E-state index contributed by atoms with van der Waals surface area (Å²) in [5.41, 5.74) is 28.0. The lowest BCUT2D eigenvalue weighted by Crippen LogP contribution is -2.66. The molecule has 4 fully saturated rings. The molecule has 15 atom stereocenters. The molecular formula is C28H54N6O12. The normalized spacial score (nSPS) is 47.3. The second-order valence-electron chi connectivity index (χ2n) is 13.3. The van der Waals surface area contributed by atoms with Gasteiger partial charge in [-0.05, 0) is 44.6 Å². The minimum Gasteiger partial charge on any atom is -0.394 e. The number of aliphatic hydroxyl groups excluding tert-OH is 6. The van der Waals surface area contributed by atoms with Crippen molar-refractivity contribution in [1.29, 1.82) is 0 Å². The number of nitrogens with one attached hydrogen (secondary N) is 1. The highest BCUT2D eigenvalue weighted by atomic mass is 16.7. The highest BCUT2D eigenvalue weighted by Gasteiger charge is 2.53. The van der Waals surface area contributed by atoms with Crippen molar-refractivity contribution in [2.24, 2.45) is 34.6 Å². The Bertz CT molecular complexity index is 981. The summed E-state index contributed by atoms with van der Waals surface area (Å²) in [5, 5.41) is 77.2. The molecule has 4 rings (SSSR count). The summed E-state index contributed by atoms with van der Waals surface area (Å²) in [6.07, 6.45) is -12.9. The predicted molar refractivity (Wildman–Crippen MR) is 159 cm³/mol. The number of rotatable bonds is 14. The van der Waals surface area contributed by atoms with Crippen LogP contribution in [0.15, 0.2) is 0 Å². The van der Waals surface area contributed by atoms with Crippen LogP contribution in [0.5, 0.6) is 0 Å². The van der Waals surface area contributed by atoms with Gasteiger partial charge in [0.05, 0.1) is 43.1 Å². The number of ketones is 1. The van der Waals surface area contributed by atoms with Gasteiger partial charge >= 0.3 is 0 Å². The van der Waals surface area contributed by atoms with E-state index in [1.165, 1.54) is 0 Å². The predicted octanol–water partition coefficient (Wildman–Crippen LogP) is -6.85. The summed E-state index contributed by atoms with van der Waals surface area (Å²) in [6, 6.07) is -3.13. The van der Waals surface area contributed by atoms with Crippen molar-refractivity contribution in [2.75, 3.05) is 26.2 Å². The van der Waals surface area contributed by atoms with Gasteiger partial charge in [0.1, 0.15) is 36.1 Å². The fourth-order valence-electron chi connectivity index (χ4n) is 6.89. The standard InChI is InChI=1S/C28H54N6O12/c29-2-1-13(36)9-34-15-5-16(37)17(8-30)43-26(15)46-25-14(32)3-11(4-19(38)28(42)6-12(31)7-28)24(23(25)41)45-27-22(40)20(33)21(39)18(10-35)44-27/h11-18,20-27,34-37,39-42H,1-10,29-33H2/t11-,12?,13?,14-,15+,16-,17+,18+,20-,21+,22+,23+,24-,25+,26+,27+,28?/m0/s1. The van der Waals surface area contributed by atoms with Crippen LogP contribution in [0.25, 0.3) is 0 Å². The lowest BCUT2D eigenvalue weighted by Gasteiger charge is -2.49. The van der Waals surface area contributed by atoms with E-state index in [0.29, 0.717) is 6.42 Å². The zero-order valence-electron chi connectivity index (χ0n) is 25.9. The molecule has 46 heavy (non-hydrogen) atoms. The van der Waals surface area contributed by atoms with Crippen LogP contribution in [-0.2, 0) is 23.7 Å². The molecule has 0 aromatic carbocycles. The Morgan fingerprint density at radius 2 is 1.59 bits per heavy atom. The first-order valence-corrected chi connectivity index (χ1v) is 16.0. The molecule has 18 nitrogen and oxygen atoms in total. The molecule has 0 aromatic rings. The third-order valence-corrected chi connectivity index (χ3v) is 9.73. The number of nitrogens with two attached hydrogens (primary N) is 5. The van der Waals surface area contributed by atoms with Gasteiger partial charge in [0.2, 0.25) is 0 Å². The van der Waals surface area contributed by atoms with Crippen LogP contribution in [0.2, 0.25) is 0 Å². The average molecular weight is 667 g/mol. The Labute approximate surface area is 267 Å². The number of carbonyl (C=O) groups is 1. The van der Waals surface area contributed by atoms with Crippen LogP contribution in [-0.4, -0.2) is 165 Å². The molecule has 1 unspecified atom stereocenters. The number of aliphatic hydroxyl groups is 7. The minimum atomic E-state index is -1.62.